The van der Waals surface area contributed by atoms with E-state index in [0.29, 0.717) is 16.3 Å². The van der Waals surface area contributed by atoms with Crippen LogP contribution in [-0.2, 0) is 0 Å². The fourth-order valence-corrected chi connectivity index (χ4v) is 2.15. The van der Waals surface area contributed by atoms with E-state index in [2.05, 4.69) is 22.6 Å². The number of hydrogen-bond acceptors (Lipinski definition) is 3. The SMILES string of the molecule is COc1cc(I)c(Cl)cc1C(=O)N(C)CC(C)O. The molecule has 1 N–H and O–H groups in total. The van der Waals surface area contributed by atoms with Gasteiger partial charge in [0.15, 0.2) is 0 Å². The molecule has 0 bridgehead atoms. The Labute approximate surface area is 125 Å². The van der Waals surface area contributed by atoms with E-state index in [9.17, 15) is 9.90 Å². The molecule has 0 fully saturated rings. The number of likely N-dealkylation sites (N-methyl/N-ethyl adjacent to an activating group) is 1. The molecule has 1 amide bonds. The molecule has 0 saturated carbocycles. The van der Waals surface area contributed by atoms with Gasteiger partial charge in [-0.3, -0.25) is 4.79 Å². The molecule has 4 nitrogen and oxygen atoms in total. The van der Waals surface area contributed by atoms with E-state index in [1.807, 2.05) is 0 Å². The second-order valence-electron chi connectivity index (χ2n) is 4.00. The highest BCUT2D eigenvalue weighted by Gasteiger charge is 2.19. The van der Waals surface area contributed by atoms with Crippen LogP contribution in [0.4, 0.5) is 0 Å². The number of nitrogens with zero attached hydrogens (tertiary/aromatic N) is 1. The first-order valence-corrected chi connectivity index (χ1v) is 6.79. The van der Waals surface area contributed by atoms with E-state index in [1.165, 1.54) is 12.0 Å². The van der Waals surface area contributed by atoms with Crippen LogP contribution >= 0.6 is 34.2 Å². The lowest BCUT2D eigenvalue weighted by Gasteiger charge is -2.20. The summed E-state index contributed by atoms with van der Waals surface area (Å²) in [6, 6.07) is 3.30. The molecule has 1 unspecified atom stereocenters. The standard InChI is InChI=1S/C12H15ClINO3/c1-7(16)6-15(2)12(17)8-4-9(13)10(14)5-11(8)18-3/h4-5,7,16H,6H2,1-3H3. The molecule has 1 aromatic carbocycles. The van der Waals surface area contributed by atoms with Crippen molar-refractivity contribution in [2.24, 2.45) is 0 Å². The minimum absolute atomic E-state index is 0.231. The van der Waals surface area contributed by atoms with Crippen LogP contribution in [0.3, 0.4) is 0 Å². The van der Waals surface area contributed by atoms with Crippen molar-refractivity contribution in [2.75, 3.05) is 20.7 Å². The minimum Gasteiger partial charge on any atom is -0.496 e. The second kappa shape index (κ2) is 6.58. The third kappa shape index (κ3) is 3.73. The maximum Gasteiger partial charge on any atom is 0.257 e. The zero-order valence-corrected chi connectivity index (χ0v) is 13.3. The largest absolute Gasteiger partial charge is 0.496 e. The molecule has 0 spiro atoms. The number of aliphatic hydroxyl groups is 1. The first-order chi connectivity index (χ1) is 8.36. The van der Waals surface area contributed by atoms with Crippen molar-refractivity contribution >= 4 is 40.1 Å². The van der Waals surface area contributed by atoms with Crippen molar-refractivity contribution in [3.63, 3.8) is 0 Å². The van der Waals surface area contributed by atoms with Crippen molar-refractivity contribution in [3.8, 4) is 5.75 Å². The van der Waals surface area contributed by atoms with Gasteiger partial charge >= 0.3 is 0 Å². The van der Waals surface area contributed by atoms with Crippen LogP contribution in [0.5, 0.6) is 5.75 Å². The Morgan fingerprint density at radius 2 is 2.22 bits per heavy atom. The van der Waals surface area contributed by atoms with Crippen LogP contribution in [0, 0.1) is 3.57 Å². The van der Waals surface area contributed by atoms with Crippen molar-refractivity contribution in [1.29, 1.82) is 0 Å². The van der Waals surface area contributed by atoms with Crippen molar-refractivity contribution < 1.29 is 14.6 Å². The van der Waals surface area contributed by atoms with Gasteiger partial charge in [-0.2, -0.15) is 0 Å². The van der Waals surface area contributed by atoms with Gasteiger partial charge in [-0.05, 0) is 41.6 Å². The molecule has 18 heavy (non-hydrogen) atoms. The van der Waals surface area contributed by atoms with Crippen molar-refractivity contribution in [1.82, 2.24) is 4.90 Å². The van der Waals surface area contributed by atoms with Crippen LogP contribution in [0.15, 0.2) is 12.1 Å². The van der Waals surface area contributed by atoms with Crippen LogP contribution in [0.25, 0.3) is 0 Å². The highest BCUT2D eigenvalue weighted by Crippen LogP contribution is 2.28. The first kappa shape index (κ1) is 15.5. The number of carbonyl (C=O) groups excluding carboxylic acids is 1. The number of ether oxygens (including phenoxy) is 1. The fraction of sp³-hybridized carbons (Fsp3) is 0.417. The van der Waals surface area contributed by atoms with E-state index in [1.54, 1.807) is 26.1 Å². The molecule has 0 radical (unpaired) electrons. The third-order valence-corrected chi connectivity index (χ3v) is 3.88. The summed E-state index contributed by atoms with van der Waals surface area (Å²) in [6.07, 6.45) is -0.579. The summed E-state index contributed by atoms with van der Waals surface area (Å²) in [6.45, 7) is 1.88. The average molecular weight is 384 g/mol. The number of benzene rings is 1. The lowest BCUT2D eigenvalue weighted by Crippen LogP contribution is -2.33. The molecule has 100 valence electrons. The van der Waals surface area contributed by atoms with Gasteiger partial charge in [-0.25, -0.2) is 0 Å². The summed E-state index contributed by atoms with van der Waals surface area (Å²) in [5, 5.41) is 9.80. The predicted molar refractivity (Wildman–Crippen MR) is 79.4 cm³/mol. The van der Waals surface area contributed by atoms with E-state index >= 15 is 0 Å². The molecule has 0 aromatic heterocycles. The Kier molecular flexibility index (Phi) is 5.68. The third-order valence-electron chi connectivity index (χ3n) is 2.36. The fourth-order valence-electron chi connectivity index (χ4n) is 1.55. The van der Waals surface area contributed by atoms with E-state index in [-0.39, 0.29) is 12.5 Å². The smallest absolute Gasteiger partial charge is 0.257 e. The van der Waals surface area contributed by atoms with Crippen LogP contribution < -0.4 is 4.74 Å². The molecule has 0 saturated heterocycles. The maximum absolute atomic E-state index is 12.2. The number of aliphatic hydroxyl groups excluding tert-OH is 1. The number of halogens is 2. The first-order valence-electron chi connectivity index (χ1n) is 5.33. The highest BCUT2D eigenvalue weighted by atomic mass is 127. The van der Waals surface area contributed by atoms with Gasteiger partial charge < -0.3 is 14.7 Å². The number of rotatable bonds is 4. The molecule has 6 heteroatoms. The van der Waals surface area contributed by atoms with Crippen molar-refractivity contribution in [3.05, 3.63) is 26.3 Å². The Hall–Kier alpha value is -0.530. The molecule has 0 aliphatic carbocycles. The summed E-state index contributed by atoms with van der Waals surface area (Å²) in [5.74, 6) is 0.247. The molecule has 0 aliphatic heterocycles. The molecular formula is C12H15ClINO3. The quantitative estimate of drug-likeness (QED) is 0.813. The number of amides is 1. The monoisotopic (exact) mass is 383 g/mol. The van der Waals surface area contributed by atoms with Gasteiger partial charge in [0.25, 0.3) is 5.91 Å². The average Bonchev–Trinajstić information content (AvgIpc) is 2.30. The number of methoxy groups -OCH3 is 1. The maximum atomic E-state index is 12.2. The van der Waals surface area contributed by atoms with E-state index in [4.69, 9.17) is 16.3 Å². The second-order valence-corrected chi connectivity index (χ2v) is 5.57. The molecular weight excluding hydrogens is 368 g/mol. The summed E-state index contributed by atoms with van der Waals surface area (Å²) in [5.41, 5.74) is 0.395. The molecule has 1 atom stereocenters. The Balaban J connectivity index is 3.08. The van der Waals surface area contributed by atoms with Gasteiger partial charge in [0.1, 0.15) is 5.75 Å². The summed E-state index contributed by atoms with van der Waals surface area (Å²) in [7, 11) is 3.13. The van der Waals surface area contributed by atoms with E-state index in [0.717, 1.165) is 3.57 Å². The molecule has 1 aromatic rings. The number of carbonyl (C=O) groups is 1. The summed E-state index contributed by atoms with van der Waals surface area (Å²) < 4.78 is 6.00. The summed E-state index contributed by atoms with van der Waals surface area (Å²) >= 11 is 8.09. The van der Waals surface area contributed by atoms with Crippen molar-refractivity contribution in [2.45, 2.75) is 13.0 Å². The van der Waals surface area contributed by atoms with Gasteiger partial charge in [0.2, 0.25) is 0 Å². The van der Waals surface area contributed by atoms with Gasteiger partial charge in [0.05, 0.1) is 23.8 Å². The molecule has 1 rings (SSSR count). The van der Waals surface area contributed by atoms with Crippen LogP contribution in [-0.4, -0.2) is 42.7 Å². The van der Waals surface area contributed by atoms with E-state index < -0.39 is 6.10 Å². The Bertz CT molecular complexity index is 451. The minimum atomic E-state index is -0.579. The lowest BCUT2D eigenvalue weighted by molar-refractivity contribution is 0.0700. The number of hydrogen-bond donors (Lipinski definition) is 1. The van der Waals surface area contributed by atoms with Crippen LogP contribution in [0.2, 0.25) is 5.02 Å². The highest BCUT2D eigenvalue weighted by molar-refractivity contribution is 14.1. The molecule has 0 heterocycles. The van der Waals surface area contributed by atoms with Crippen LogP contribution in [0.1, 0.15) is 17.3 Å². The molecule has 0 aliphatic rings. The topological polar surface area (TPSA) is 49.8 Å². The predicted octanol–water partition coefficient (Wildman–Crippen LogP) is 2.41. The zero-order chi connectivity index (χ0) is 13.9. The lowest BCUT2D eigenvalue weighted by atomic mass is 10.1. The van der Waals surface area contributed by atoms with Gasteiger partial charge in [0, 0.05) is 17.2 Å². The Morgan fingerprint density at radius 3 is 2.72 bits per heavy atom. The Morgan fingerprint density at radius 1 is 1.61 bits per heavy atom. The summed E-state index contributed by atoms with van der Waals surface area (Å²) in [4.78, 5) is 13.6. The van der Waals surface area contributed by atoms with Gasteiger partial charge in [-0.1, -0.05) is 11.6 Å². The zero-order valence-electron chi connectivity index (χ0n) is 10.4. The normalized spacial score (nSPS) is 12.1. The van der Waals surface area contributed by atoms with Gasteiger partial charge in [-0.15, -0.1) is 0 Å².